The zero-order valence-electron chi connectivity index (χ0n) is 8.32. The standard InChI is InChI=1S/C9H15N3O/c1-4-7(2)8(13)5-9-10-6-11-12(9)3/h6-7H,4-5H2,1-3H3. The Bertz CT molecular complexity index is 293. The van der Waals surface area contributed by atoms with Gasteiger partial charge in [0.15, 0.2) is 0 Å². The summed E-state index contributed by atoms with van der Waals surface area (Å²) in [5, 5.41) is 3.91. The van der Waals surface area contributed by atoms with Gasteiger partial charge in [-0.25, -0.2) is 4.98 Å². The van der Waals surface area contributed by atoms with Gasteiger partial charge in [0.25, 0.3) is 0 Å². The number of aryl methyl sites for hydroxylation is 1. The number of rotatable bonds is 4. The van der Waals surface area contributed by atoms with E-state index < -0.39 is 0 Å². The summed E-state index contributed by atoms with van der Waals surface area (Å²) in [5.74, 6) is 1.10. The molecule has 1 aromatic rings. The second-order valence-electron chi connectivity index (χ2n) is 3.25. The molecule has 1 aromatic heterocycles. The highest BCUT2D eigenvalue weighted by Gasteiger charge is 2.13. The minimum Gasteiger partial charge on any atom is -0.299 e. The third kappa shape index (κ3) is 2.37. The van der Waals surface area contributed by atoms with E-state index in [2.05, 4.69) is 10.1 Å². The lowest BCUT2D eigenvalue weighted by Crippen LogP contribution is -2.15. The first kappa shape index (κ1) is 9.89. The average molecular weight is 181 g/mol. The van der Waals surface area contributed by atoms with Crippen LogP contribution in [0.3, 0.4) is 0 Å². The average Bonchev–Trinajstić information content (AvgIpc) is 2.50. The minimum absolute atomic E-state index is 0.122. The van der Waals surface area contributed by atoms with Crippen molar-refractivity contribution in [3.8, 4) is 0 Å². The maximum atomic E-state index is 11.5. The molecule has 1 heterocycles. The smallest absolute Gasteiger partial charge is 0.143 e. The zero-order chi connectivity index (χ0) is 9.84. The number of hydrogen-bond acceptors (Lipinski definition) is 3. The molecule has 0 aliphatic heterocycles. The van der Waals surface area contributed by atoms with E-state index in [0.717, 1.165) is 12.2 Å². The maximum absolute atomic E-state index is 11.5. The van der Waals surface area contributed by atoms with E-state index in [1.165, 1.54) is 6.33 Å². The van der Waals surface area contributed by atoms with Crippen LogP contribution < -0.4 is 0 Å². The fourth-order valence-electron chi connectivity index (χ4n) is 1.04. The summed E-state index contributed by atoms with van der Waals surface area (Å²) in [6, 6.07) is 0. The second kappa shape index (κ2) is 4.16. The van der Waals surface area contributed by atoms with Crippen molar-refractivity contribution < 1.29 is 4.79 Å². The Balaban J connectivity index is 2.60. The van der Waals surface area contributed by atoms with Crippen LogP contribution in [0.25, 0.3) is 0 Å². The normalized spacial score (nSPS) is 12.8. The van der Waals surface area contributed by atoms with E-state index in [-0.39, 0.29) is 11.7 Å². The number of carbonyl (C=O) groups is 1. The molecular formula is C9H15N3O. The van der Waals surface area contributed by atoms with Crippen LogP contribution in [0, 0.1) is 5.92 Å². The predicted molar refractivity (Wildman–Crippen MR) is 49.2 cm³/mol. The Labute approximate surface area is 78.0 Å². The molecule has 0 aliphatic rings. The van der Waals surface area contributed by atoms with Crippen molar-refractivity contribution in [3.05, 3.63) is 12.2 Å². The van der Waals surface area contributed by atoms with E-state index in [1.807, 2.05) is 13.8 Å². The zero-order valence-corrected chi connectivity index (χ0v) is 8.32. The highest BCUT2D eigenvalue weighted by molar-refractivity contribution is 5.82. The Morgan fingerprint density at radius 1 is 1.69 bits per heavy atom. The molecule has 0 N–H and O–H groups in total. The van der Waals surface area contributed by atoms with Crippen molar-refractivity contribution in [2.24, 2.45) is 13.0 Å². The minimum atomic E-state index is 0.122. The molecule has 0 aromatic carbocycles. The molecule has 0 bridgehead atoms. The van der Waals surface area contributed by atoms with Crippen LogP contribution in [-0.2, 0) is 18.3 Å². The van der Waals surface area contributed by atoms with E-state index >= 15 is 0 Å². The van der Waals surface area contributed by atoms with E-state index in [4.69, 9.17) is 0 Å². The first-order valence-corrected chi connectivity index (χ1v) is 4.50. The summed E-state index contributed by atoms with van der Waals surface area (Å²) in [5.41, 5.74) is 0. The van der Waals surface area contributed by atoms with Crippen molar-refractivity contribution >= 4 is 5.78 Å². The molecule has 1 rings (SSSR count). The van der Waals surface area contributed by atoms with Gasteiger partial charge in [0.05, 0.1) is 6.42 Å². The molecule has 4 heteroatoms. The highest BCUT2D eigenvalue weighted by Crippen LogP contribution is 2.06. The topological polar surface area (TPSA) is 47.8 Å². The van der Waals surface area contributed by atoms with Crippen LogP contribution in [0.4, 0.5) is 0 Å². The molecule has 0 aliphatic carbocycles. The molecule has 72 valence electrons. The van der Waals surface area contributed by atoms with E-state index in [0.29, 0.717) is 6.42 Å². The summed E-state index contributed by atoms with van der Waals surface area (Å²) in [6.45, 7) is 3.96. The Kier molecular flexibility index (Phi) is 3.17. The number of ketones is 1. The Morgan fingerprint density at radius 2 is 2.38 bits per heavy atom. The summed E-state index contributed by atoms with van der Waals surface area (Å²) >= 11 is 0. The van der Waals surface area contributed by atoms with E-state index in [1.54, 1.807) is 11.7 Å². The van der Waals surface area contributed by atoms with Gasteiger partial charge in [-0.05, 0) is 6.42 Å². The van der Waals surface area contributed by atoms with Gasteiger partial charge in [-0.2, -0.15) is 5.10 Å². The SMILES string of the molecule is CCC(C)C(=O)Cc1ncnn1C. The summed E-state index contributed by atoms with van der Waals surface area (Å²) in [6.07, 6.45) is 2.75. The van der Waals surface area contributed by atoms with Gasteiger partial charge in [0, 0.05) is 13.0 Å². The molecule has 0 saturated carbocycles. The molecule has 0 amide bonds. The lowest BCUT2D eigenvalue weighted by atomic mass is 10.0. The quantitative estimate of drug-likeness (QED) is 0.695. The third-order valence-corrected chi connectivity index (χ3v) is 2.30. The first-order valence-electron chi connectivity index (χ1n) is 4.50. The van der Waals surface area contributed by atoms with Gasteiger partial charge in [0.1, 0.15) is 17.9 Å². The lowest BCUT2D eigenvalue weighted by Gasteiger charge is -2.05. The Morgan fingerprint density at radius 3 is 2.85 bits per heavy atom. The van der Waals surface area contributed by atoms with Gasteiger partial charge in [-0.1, -0.05) is 13.8 Å². The fourth-order valence-corrected chi connectivity index (χ4v) is 1.04. The fraction of sp³-hybridized carbons (Fsp3) is 0.667. The van der Waals surface area contributed by atoms with Gasteiger partial charge in [0.2, 0.25) is 0 Å². The molecule has 4 nitrogen and oxygen atoms in total. The van der Waals surface area contributed by atoms with Crippen LogP contribution in [0.2, 0.25) is 0 Å². The largest absolute Gasteiger partial charge is 0.299 e. The molecule has 0 fully saturated rings. The van der Waals surface area contributed by atoms with Crippen molar-refractivity contribution in [3.63, 3.8) is 0 Å². The van der Waals surface area contributed by atoms with Crippen LogP contribution >= 0.6 is 0 Å². The van der Waals surface area contributed by atoms with Gasteiger partial charge in [-0.15, -0.1) is 0 Å². The third-order valence-electron chi connectivity index (χ3n) is 2.30. The van der Waals surface area contributed by atoms with E-state index in [9.17, 15) is 4.79 Å². The highest BCUT2D eigenvalue weighted by atomic mass is 16.1. The monoisotopic (exact) mass is 181 g/mol. The number of aromatic nitrogens is 3. The summed E-state index contributed by atoms with van der Waals surface area (Å²) < 4.78 is 1.64. The summed E-state index contributed by atoms with van der Waals surface area (Å²) in [7, 11) is 1.80. The van der Waals surface area contributed by atoms with Gasteiger partial charge < -0.3 is 0 Å². The van der Waals surface area contributed by atoms with Crippen LogP contribution in [0.5, 0.6) is 0 Å². The lowest BCUT2D eigenvalue weighted by molar-refractivity contribution is -0.121. The van der Waals surface area contributed by atoms with Crippen LogP contribution in [0.1, 0.15) is 26.1 Å². The Hall–Kier alpha value is -1.19. The van der Waals surface area contributed by atoms with Crippen LogP contribution in [0.15, 0.2) is 6.33 Å². The predicted octanol–water partition coefficient (Wildman–Crippen LogP) is 0.973. The number of Topliss-reactive ketones (excluding diaryl/α,β-unsaturated/α-hetero) is 1. The van der Waals surface area contributed by atoms with Crippen LogP contribution in [-0.4, -0.2) is 20.5 Å². The van der Waals surface area contributed by atoms with Gasteiger partial charge in [-0.3, -0.25) is 9.48 Å². The number of nitrogens with zero attached hydrogens (tertiary/aromatic N) is 3. The maximum Gasteiger partial charge on any atom is 0.143 e. The molecule has 0 spiro atoms. The second-order valence-corrected chi connectivity index (χ2v) is 3.25. The molecule has 1 unspecified atom stereocenters. The van der Waals surface area contributed by atoms with Gasteiger partial charge >= 0.3 is 0 Å². The molecule has 13 heavy (non-hydrogen) atoms. The number of hydrogen-bond donors (Lipinski definition) is 0. The molecule has 0 saturated heterocycles. The van der Waals surface area contributed by atoms with Crippen molar-refractivity contribution in [2.75, 3.05) is 0 Å². The molecule has 0 radical (unpaired) electrons. The first-order chi connectivity index (χ1) is 6.15. The van der Waals surface area contributed by atoms with Crippen molar-refractivity contribution in [1.29, 1.82) is 0 Å². The number of carbonyl (C=O) groups excluding carboxylic acids is 1. The van der Waals surface area contributed by atoms with Crippen molar-refractivity contribution in [1.82, 2.24) is 14.8 Å². The summed E-state index contributed by atoms with van der Waals surface area (Å²) in [4.78, 5) is 15.5. The molecule has 1 atom stereocenters. The molecular weight excluding hydrogens is 166 g/mol. The van der Waals surface area contributed by atoms with Crippen molar-refractivity contribution in [2.45, 2.75) is 26.7 Å².